The summed E-state index contributed by atoms with van der Waals surface area (Å²) < 4.78 is 5.96. The van der Waals surface area contributed by atoms with Crippen LogP contribution >= 0.6 is 0 Å². The van der Waals surface area contributed by atoms with E-state index in [1.807, 2.05) is 0 Å². The van der Waals surface area contributed by atoms with Gasteiger partial charge in [0.15, 0.2) is 0 Å². The summed E-state index contributed by atoms with van der Waals surface area (Å²) in [6.07, 6.45) is 7.06. The van der Waals surface area contributed by atoms with Crippen LogP contribution in [0.5, 0.6) is 0 Å². The van der Waals surface area contributed by atoms with Gasteiger partial charge in [-0.2, -0.15) is 0 Å². The number of anilines is 1. The molecule has 0 radical (unpaired) electrons. The summed E-state index contributed by atoms with van der Waals surface area (Å²) in [7, 11) is 0. The van der Waals surface area contributed by atoms with E-state index in [1.54, 1.807) is 12.7 Å². The van der Waals surface area contributed by atoms with E-state index in [9.17, 15) is 0 Å². The molecular formula is C13H21N5O. The van der Waals surface area contributed by atoms with E-state index in [4.69, 9.17) is 4.74 Å². The van der Waals surface area contributed by atoms with Gasteiger partial charge in [-0.15, -0.1) is 0 Å². The Bertz CT molecular complexity index is 382. The van der Waals surface area contributed by atoms with Crippen LogP contribution in [-0.2, 0) is 4.74 Å². The number of likely N-dealkylation sites (tertiary alicyclic amines) is 1. The highest BCUT2D eigenvalue weighted by Gasteiger charge is 2.23. The molecule has 3 heterocycles. The largest absolute Gasteiger partial charge is 0.375 e. The molecule has 3 rings (SSSR count). The average molecular weight is 263 g/mol. The fraction of sp³-hybridized carbons (Fsp3) is 0.769. The maximum Gasteiger partial charge on any atom is 0.228 e. The lowest BCUT2D eigenvalue weighted by molar-refractivity contribution is 0.0450. The van der Waals surface area contributed by atoms with Gasteiger partial charge in [-0.25, -0.2) is 15.0 Å². The Morgan fingerprint density at radius 3 is 2.68 bits per heavy atom. The number of aromatic nitrogens is 3. The SMILES string of the molecule is c1ncnc(N2CCCO[C@@H](CN3CCCC3)C2)n1. The minimum atomic E-state index is 0.261. The molecule has 19 heavy (non-hydrogen) atoms. The summed E-state index contributed by atoms with van der Waals surface area (Å²) in [5.74, 6) is 0.770. The Hall–Kier alpha value is -1.27. The molecule has 2 saturated heterocycles. The fourth-order valence-electron chi connectivity index (χ4n) is 2.84. The van der Waals surface area contributed by atoms with Crippen molar-refractivity contribution in [2.45, 2.75) is 25.4 Å². The lowest BCUT2D eigenvalue weighted by Crippen LogP contribution is -2.40. The number of rotatable bonds is 3. The summed E-state index contributed by atoms with van der Waals surface area (Å²) in [6, 6.07) is 0. The molecule has 0 unspecified atom stereocenters. The summed E-state index contributed by atoms with van der Waals surface area (Å²) in [5.41, 5.74) is 0. The van der Waals surface area contributed by atoms with Crippen molar-refractivity contribution in [3.05, 3.63) is 12.7 Å². The highest BCUT2D eigenvalue weighted by molar-refractivity contribution is 5.27. The Balaban J connectivity index is 1.62. The molecular weight excluding hydrogens is 242 g/mol. The normalized spacial score (nSPS) is 25.5. The second-order valence-corrected chi connectivity index (χ2v) is 5.24. The van der Waals surface area contributed by atoms with Gasteiger partial charge in [0.25, 0.3) is 0 Å². The van der Waals surface area contributed by atoms with Gasteiger partial charge in [0.1, 0.15) is 12.7 Å². The lowest BCUT2D eigenvalue weighted by atomic mass is 10.3. The van der Waals surface area contributed by atoms with E-state index in [-0.39, 0.29) is 6.10 Å². The summed E-state index contributed by atoms with van der Waals surface area (Å²) >= 11 is 0. The van der Waals surface area contributed by atoms with Crippen LogP contribution in [0, 0.1) is 0 Å². The Labute approximate surface area is 113 Å². The molecule has 2 aliphatic rings. The topological polar surface area (TPSA) is 54.4 Å². The third kappa shape index (κ3) is 3.39. The Morgan fingerprint density at radius 1 is 1.11 bits per heavy atom. The van der Waals surface area contributed by atoms with Crippen molar-refractivity contribution in [3.63, 3.8) is 0 Å². The molecule has 1 atom stereocenters. The monoisotopic (exact) mass is 263 g/mol. The van der Waals surface area contributed by atoms with Crippen molar-refractivity contribution < 1.29 is 4.74 Å². The highest BCUT2D eigenvalue weighted by atomic mass is 16.5. The molecule has 1 aromatic heterocycles. The maximum absolute atomic E-state index is 5.96. The first-order valence-corrected chi connectivity index (χ1v) is 7.13. The van der Waals surface area contributed by atoms with E-state index in [2.05, 4.69) is 24.8 Å². The van der Waals surface area contributed by atoms with E-state index < -0.39 is 0 Å². The van der Waals surface area contributed by atoms with Crippen LogP contribution < -0.4 is 4.90 Å². The minimum absolute atomic E-state index is 0.261. The van der Waals surface area contributed by atoms with Gasteiger partial charge in [0.2, 0.25) is 5.95 Å². The van der Waals surface area contributed by atoms with Crippen molar-refractivity contribution >= 4 is 5.95 Å². The summed E-state index contributed by atoms with van der Waals surface area (Å²) in [4.78, 5) is 17.1. The van der Waals surface area contributed by atoms with Gasteiger partial charge in [-0.05, 0) is 32.4 Å². The van der Waals surface area contributed by atoms with Crippen LogP contribution in [0.15, 0.2) is 12.7 Å². The van der Waals surface area contributed by atoms with E-state index >= 15 is 0 Å². The molecule has 6 heteroatoms. The molecule has 104 valence electrons. The van der Waals surface area contributed by atoms with E-state index in [0.717, 1.165) is 38.6 Å². The van der Waals surface area contributed by atoms with Crippen molar-refractivity contribution in [1.29, 1.82) is 0 Å². The molecule has 1 aromatic rings. The standard InChI is InChI=1S/C13H21N5O/c1-2-5-17(4-1)8-12-9-18(6-3-7-19-12)13-15-10-14-11-16-13/h10-12H,1-9H2/t12-/m0/s1. The van der Waals surface area contributed by atoms with Crippen LogP contribution in [0.2, 0.25) is 0 Å². The first-order valence-electron chi connectivity index (χ1n) is 7.13. The zero-order chi connectivity index (χ0) is 12.9. The zero-order valence-electron chi connectivity index (χ0n) is 11.2. The number of hydrogen-bond donors (Lipinski definition) is 0. The van der Waals surface area contributed by atoms with Crippen LogP contribution in [0.4, 0.5) is 5.95 Å². The van der Waals surface area contributed by atoms with Gasteiger partial charge in [0, 0.05) is 26.2 Å². The molecule has 0 bridgehead atoms. The average Bonchev–Trinajstić information content (AvgIpc) is 2.84. The van der Waals surface area contributed by atoms with Crippen molar-refractivity contribution in [1.82, 2.24) is 19.9 Å². The quantitative estimate of drug-likeness (QED) is 0.794. The lowest BCUT2D eigenvalue weighted by Gasteiger charge is -2.26. The van der Waals surface area contributed by atoms with E-state index in [0.29, 0.717) is 0 Å². The number of hydrogen-bond acceptors (Lipinski definition) is 6. The summed E-state index contributed by atoms with van der Waals surface area (Å²) in [6.45, 7) is 6.12. The molecule has 2 aliphatic heterocycles. The molecule has 0 aromatic carbocycles. The van der Waals surface area contributed by atoms with Gasteiger partial charge < -0.3 is 14.5 Å². The first-order chi connectivity index (χ1) is 9.42. The van der Waals surface area contributed by atoms with Crippen molar-refractivity contribution in [3.8, 4) is 0 Å². The third-order valence-corrected chi connectivity index (χ3v) is 3.77. The molecule has 0 saturated carbocycles. The molecule has 2 fully saturated rings. The predicted octanol–water partition coefficient (Wildman–Crippen LogP) is 0.563. The van der Waals surface area contributed by atoms with Gasteiger partial charge in [-0.1, -0.05) is 0 Å². The molecule has 0 spiro atoms. The van der Waals surface area contributed by atoms with Crippen molar-refractivity contribution in [2.24, 2.45) is 0 Å². The Kier molecular flexibility index (Phi) is 4.20. The summed E-state index contributed by atoms with van der Waals surface area (Å²) in [5, 5.41) is 0. The van der Waals surface area contributed by atoms with Crippen LogP contribution in [0.25, 0.3) is 0 Å². The van der Waals surface area contributed by atoms with Gasteiger partial charge in [0.05, 0.1) is 6.10 Å². The molecule has 6 nitrogen and oxygen atoms in total. The van der Waals surface area contributed by atoms with Crippen LogP contribution in [-0.4, -0.2) is 65.3 Å². The highest BCUT2D eigenvalue weighted by Crippen LogP contribution is 2.15. The van der Waals surface area contributed by atoms with Crippen LogP contribution in [0.3, 0.4) is 0 Å². The van der Waals surface area contributed by atoms with Crippen LogP contribution in [0.1, 0.15) is 19.3 Å². The smallest absolute Gasteiger partial charge is 0.228 e. The third-order valence-electron chi connectivity index (χ3n) is 3.77. The van der Waals surface area contributed by atoms with Gasteiger partial charge in [-0.3, -0.25) is 0 Å². The molecule has 0 aliphatic carbocycles. The van der Waals surface area contributed by atoms with Crippen molar-refractivity contribution in [2.75, 3.05) is 44.2 Å². The second kappa shape index (κ2) is 6.25. The fourth-order valence-corrected chi connectivity index (χ4v) is 2.84. The zero-order valence-corrected chi connectivity index (χ0v) is 11.2. The number of ether oxygens (including phenoxy) is 1. The molecule has 0 N–H and O–H groups in total. The second-order valence-electron chi connectivity index (χ2n) is 5.24. The Morgan fingerprint density at radius 2 is 1.89 bits per heavy atom. The maximum atomic E-state index is 5.96. The first kappa shape index (κ1) is 12.7. The van der Waals surface area contributed by atoms with E-state index in [1.165, 1.54) is 25.9 Å². The van der Waals surface area contributed by atoms with Gasteiger partial charge >= 0.3 is 0 Å². The minimum Gasteiger partial charge on any atom is -0.375 e. The predicted molar refractivity (Wildman–Crippen MR) is 72.1 cm³/mol. The number of nitrogens with zero attached hydrogens (tertiary/aromatic N) is 5. The molecule has 0 amide bonds.